The monoisotopic (exact) mass is 476 g/mol. The van der Waals surface area contributed by atoms with Gasteiger partial charge in [0, 0.05) is 37.6 Å². The third-order valence-corrected chi connectivity index (χ3v) is 6.51. The number of phenolic OH excluding ortho intramolecular Hbond substituents is 1. The second-order valence-corrected chi connectivity index (χ2v) is 9.33. The summed E-state index contributed by atoms with van der Waals surface area (Å²) in [4.78, 5) is 14.4. The molecular weight excluding hydrogens is 444 g/mol. The number of aliphatic hydroxyl groups excluding tert-OH is 1. The fourth-order valence-corrected chi connectivity index (χ4v) is 4.38. The van der Waals surface area contributed by atoms with E-state index in [1.807, 2.05) is 12.1 Å². The van der Waals surface area contributed by atoms with Gasteiger partial charge >= 0.3 is 5.97 Å². The standard InChI is InChI=1S/C24H32N2O6S/c1-3-31-24(29)17-4-6-19(7-5-17)26-12-10-18(11-13-26)25-15-20(27)16-32-21-8-9-22(28)23(14-21)33(2)30/h4-9,14,18,20,25,27-28H,3,10-13,15-16H2,1-2H3. The number of hydrogen-bond acceptors (Lipinski definition) is 8. The first kappa shape index (κ1) is 25.0. The minimum absolute atomic E-state index is 0.0355. The molecule has 2 atom stereocenters. The topological polar surface area (TPSA) is 108 Å². The summed E-state index contributed by atoms with van der Waals surface area (Å²) >= 11 is 0. The Morgan fingerprint density at radius 2 is 1.91 bits per heavy atom. The molecule has 0 bridgehead atoms. The summed E-state index contributed by atoms with van der Waals surface area (Å²) in [6.45, 7) is 4.42. The van der Waals surface area contributed by atoms with Crippen molar-refractivity contribution in [2.45, 2.75) is 36.8 Å². The zero-order valence-corrected chi connectivity index (χ0v) is 19.8. The minimum Gasteiger partial charge on any atom is -0.507 e. The van der Waals surface area contributed by atoms with E-state index in [0.29, 0.717) is 35.4 Å². The number of benzene rings is 2. The molecule has 1 fully saturated rings. The van der Waals surface area contributed by atoms with Crippen LogP contribution in [0.2, 0.25) is 0 Å². The Morgan fingerprint density at radius 3 is 2.55 bits per heavy atom. The number of anilines is 1. The number of esters is 1. The Labute approximate surface area is 197 Å². The van der Waals surface area contributed by atoms with Crippen molar-refractivity contribution in [3.63, 3.8) is 0 Å². The smallest absolute Gasteiger partial charge is 0.338 e. The first-order valence-corrected chi connectivity index (χ1v) is 12.7. The maximum Gasteiger partial charge on any atom is 0.338 e. The van der Waals surface area contributed by atoms with Crippen LogP contribution in [0.1, 0.15) is 30.1 Å². The lowest BCUT2D eigenvalue weighted by atomic mass is 10.0. The van der Waals surface area contributed by atoms with E-state index in [1.165, 1.54) is 18.4 Å². The number of hydrogen-bond donors (Lipinski definition) is 3. The lowest BCUT2D eigenvalue weighted by molar-refractivity contribution is 0.0526. The normalized spacial score (nSPS) is 16.3. The summed E-state index contributed by atoms with van der Waals surface area (Å²) < 4.78 is 22.2. The minimum atomic E-state index is -1.32. The zero-order valence-electron chi connectivity index (χ0n) is 19.0. The molecule has 2 aromatic carbocycles. The molecule has 1 aliphatic heterocycles. The number of nitrogens with one attached hydrogen (secondary N) is 1. The van der Waals surface area contributed by atoms with Crippen molar-refractivity contribution in [1.82, 2.24) is 5.32 Å². The molecule has 0 saturated carbocycles. The number of piperidine rings is 1. The first-order chi connectivity index (χ1) is 15.9. The molecule has 0 radical (unpaired) electrons. The maximum absolute atomic E-state index is 11.8. The van der Waals surface area contributed by atoms with Crippen LogP contribution >= 0.6 is 0 Å². The molecule has 8 nitrogen and oxygen atoms in total. The predicted octanol–water partition coefficient (Wildman–Crippen LogP) is 2.30. The van der Waals surface area contributed by atoms with Gasteiger partial charge in [-0.15, -0.1) is 0 Å². The Hall–Kier alpha value is -2.62. The van der Waals surface area contributed by atoms with Crippen molar-refractivity contribution < 1.29 is 28.7 Å². The Balaban J connectivity index is 1.39. The van der Waals surface area contributed by atoms with Gasteiger partial charge in [-0.2, -0.15) is 0 Å². The lowest BCUT2D eigenvalue weighted by Crippen LogP contribution is -2.45. The Kier molecular flexibility index (Phi) is 9.11. The summed E-state index contributed by atoms with van der Waals surface area (Å²) in [6.07, 6.45) is 2.68. The van der Waals surface area contributed by atoms with Gasteiger partial charge in [0.1, 0.15) is 24.2 Å². The third-order valence-electron chi connectivity index (χ3n) is 5.56. The number of rotatable bonds is 10. The SMILES string of the molecule is CCOC(=O)c1ccc(N2CCC(NCC(O)COc3ccc(O)c(S(C)=O)c3)CC2)cc1. The van der Waals surface area contributed by atoms with Crippen LogP contribution in [0.15, 0.2) is 47.4 Å². The largest absolute Gasteiger partial charge is 0.507 e. The average Bonchev–Trinajstić information content (AvgIpc) is 2.82. The van der Waals surface area contributed by atoms with E-state index < -0.39 is 16.9 Å². The number of aromatic hydroxyl groups is 1. The Bertz CT molecular complexity index is 944. The highest BCUT2D eigenvalue weighted by molar-refractivity contribution is 7.84. The highest BCUT2D eigenvalue weighted by Crippen LogP contribution is 2.25. The van der Waals surface area contributed by atoms with Crippen molar-refractivity contribution >= 4 is 22.5 Å². The van der Waals surface area contributed by atoms with Crippen LogP contribution in [0.4, 0.5) is 5.69 Å². The van der Waals surface area contributed by atoms with Gasteiger partial charge in [-0.25, -0.2) is 4.79 Å². The van der Waals surface area contributed by atoms with Crippen LogP contribution in [-0.4, -0.2) is 71.6 Å². The van der Waals surface area contributed by atoms with Crippen LogP contribution in [0.5, 0.6) is 11.5 Å². The summed E-state index contributed by atoms with van der Waals surface area (Å²) in [5.74, 6) is 0.117. The van der Waals surface area contributed by atoms with Crippen molar-refractivity contribution in [3.05, 3.63) is 48.0 Å². The van der Waals surface area contributed by atoms with Gasteiger partial charge in [0.2, 0.25) is 0 Å². The van der Waals surface area contributed by atoms with Crippen molar-refractivity contribution in [1.29, 1.82) is 0 Å². The average molecular weight is 477 g/mol. The van der Waals surface area contributed by atoms with E-state index in [-0.39, 0.29) is 18.3 Å². The van der Waals surface area contributed by atoms with Crippen molar-refractivity contribution in [2.24, 2.45) is 0 Å². The van der Waals surface area contributed by atoms with Crippen molar-refractivity contribution in [2.75, 3.05) is 44.0 Å². The summed E-state index contributed by atoms with van der Waals surface area (Å²) in [5.41, 5.74) is 1.64. The van der Waals surface area contributed by atoms with Crippen LogP contribution in [-0.2, 0) is 15.5 Å². The molecule has 1 saturated heterocycles. The van der Waals surface area contributed by atoms with Gasteiger partial charge in [0.25, 0.3) is 0 Å². The van der Waals surface area contributed by atoms with E-state index in [0.717, 1.165) is 31.6 Å². The summed E-state index contributed by atoms with van der Waals surface area (Å²) in [7, 11) is -1.32. The molecule has 2 aromatic rings. The molecule has 0 aliphatic carbocycles. The molecule has 33 heavy (non-hydrogen) atoms. The fourth-order valence-electron chi connectivity index (χ4n) is 3.73. The van der Waals surface area contributed by atoms with Gasteiger partial charge in [0.05, 0.1) is 27.9 Å². The second-order valence-electron chi connectivity index (χ2n) is 7.99. The van der Waals surface area contributed by atoms with Crippen molar-refractivity contribution in [3.8, 4) is 11.5 Å². The Morgan fingerprint density at radius 1 is 1.21 bits per heavy atom. The van der Waals surface area contributed by atoms with Gasteiger partial charge in [-0.1, -0.05) is 0 Å². The molecule has 180 valence electrons. The van der Waals surface area contributed by atoms with Crippen LogP contribution in [0.3, 0.4) is 0 Å². The van der Waals surface area contributed by atoms with E-state index in [4.69, 9.17) is 9.47 Å². The predicted molar refractivity (Wildman–Crippen MR) is 128 cm³/mol. The van der Waals surface area contributed by atoms with Gasteiger partial charge in [0.15, 0.2) is 0 Å². The molecule has 1 heterocycles. The van der Waals surface area contributed by atoms with Crippen LogP contribution in [0, 0.1) is 0 Å². The highest BCUT2D eigenvalue weighted by Gasteiger charge is 2.20. The number of ether oxygens (including phenoxy) is 2. The third kappa shape index (κ3) is 7.18. The molecule has 0 amide bonds. The molecule has 0 aromatic heterocycles. The highest BCUT2D eigenvalue weighted by atomic mass is 32.2. The molecule has 3 rings (SSSR count). The number of phenols is 1. The van der Waals surface area contributed by atoms with Crippen LogP contribution in [0.25, 0.3) is 0 Å². The zero-order chi connectivity index (χ0) is 23.8. The lowest BCUT2D eigenvalue weighted by Gasteiger charge is -2.34. The van der Waals surface area contributed by atoms with E-state index >= 15 is 0 Å². The quantitative estimate of drug-likeness (QED) is 0.449. The van der Waals surface area contributed by atoms with E-state index in [9.17, 15) is 19.2 Å². The molecular formula is C24H32N2O6S. The van der Waals surface area contributed by atoms with E-state index in [2.05, 4.69) is 10.2 Å². The molecule has 9 heteroatoms. The summed E-state index contributed by atoms with van der Waals surface area (Å²) in [5, 5.41) is 23.4. The van der Waals surface area contributed by atoms with Gasteiger partial charge < -0.3 is 29.9 Å². The fraction of sp³-hybridized carbons (Fsp3) is 0.458. The number of aliphatic hydroxyl groups is 1. The number of nitrogens with zero attached hydrogens (tertiary/aromatic N) is 1. The maximum atomic E-state index is 11.8. The van der Waals surface area contributed by atoms with E-state index in [1.54, 1.807) is 25.1 Å². The molecule has 0 spiro atoms. The van der Waals surface area contributed by atoms with Gasteiger partial charge in [-0.3, -0.25) is 4.21 Å². The molecule has 1 aliphatic rings. The molecule has 3 N–H and O–H groups in total. The van der Waals surface area contributed by atoms with Crippen LogP contribution < -0.4 is 15.0 Å². The first-order valence-electron chi connectivity index (χ1n) is 11.1. The molecule has 2 unspecified atom stereocenters. The number of carbonyl (C=O) groups excluding carboxylic acids is 1. The number of carbonyl (C=O) groups is 1. The summed E-state index contributed by atoms with van der Waals surface area (Å²) in [6, 6.07) is 12.3. The van der Waals surface area contributed by atoms with Gasteiger partial charge in [-0.05, 0) is 62.2 Å². The second kappa shape index (κ2) is 12.0.